The van der Waals surface area contributed by atoms with Crippen LogP contribution in [0.5, 0.6) is 0 Å². The number of hydrogen-bond donors (Lipinski definition) is 0. The molecule has 110 valence electrons. The van der Waals surface area contributed by atoms with E-state index in [2.05, 4.69) is 40.1 Å². The molecule has 0 radical (unpaired) electrons. The lowest BCUT2D eigenvalue weighted by Gasteiger charge is -2.00. The van der Waals surface area contributed by atoms with Gasteiger partial charge in [0, 0.05) is 11.3 Å². The first-order valence-electron chi connectivity index (χ1n) is 6.46. The average Bonchev–Trinajstić information content (AvgIpc) is 3.02. The second-order valence-electron chi connectivity index (χ2n) is 4.51. The van der Waals surface area contributed by atoms with E-state index in [0.717, 1.165) is 32.6 Å². The molecule has 0 aromatic carbocycles. The number of aryl methyl sites for hydroxylation is 3. The van der Waals surface area contributed by atoms with Crippen LogP contribution in [-0.2, 0) is 12.2 Å². The molecule has 3 heterocycles. The van der Waals surface area contributed by atoms with Gasteiger partial charge in [0.15, 0.2) is 4.34 Å². The molecule has 3 rings (SSSR count). The molecule has 0 aliphatic carbocycles. The number of rotatable bonds is 4. The summed E-state index contributed by atoms with van der Waals surface area (Å²) >= 11 is 11.0. The summed E-state index contributed by atoms with van der Waals surface area (Å²) in [4.78, 5) is 15.7. The van der Waals surface area contributed by atoms with E-state index in [9.17, 15) is 0 Å². The Labute approximate surface area is 140 Å². The minimum Gasteiger partial charge on any atom is -0.221 e. The third-order valence-electron chi connectivity index (χ3n) is 3.12. The monoisotopic (exact) mass is 356 g/mol. The van der Waals surface area contributed by atoms with Gasteiger partial charge in [-0.2, -0.15) is 4.37 Å². The second-order valence-corrected chi connectivity index (χ2v) is 8.05. The Kier molecular flexibility index (Phi) is 4.44. The lowest BCUT2D eigenvalue weighted by Crippen LogP contribution is -1.93. The molecule has 0 amide bonds. The Bertz CT molecular complexity index is 796. The maximum atomic E-state index is 6.31. The molecule has 0 saturated carbocycles. The van der Waals surface area contributed by atoms with Crippen LogP contribution in [-0.4, -0.2) is 19.3 Å². The Balaban J connectivity index is 1.84. The lowest BCUT2D eigenvalue weighted by atomic mass is 10.2. The van der Waals surface area contributed by atoms with Crippen molar-refractivity contribution in [1.29, 1.82) is 0 Å². The predicted molar refractivity (Wildman–Crippen MR) is 90.7 cm³/mol. The molecule has 0 fully saturated rings. The van der Waals surface area contributed by atoms with Gasteiger partial charge in [-0.15, -0.1) is 11.3 Å². The Morgan fingerprint density at radius 2 is 1.95 bits per heavy atom. The molecule has 0 bridgehead atoms. The van der Waals surface area contributed by atoms with Gasteiger partial charge in [0.25, 0.3) is 0 Å². The van der Waals surface area contributed by atoms with E-state index < -0.39 is 0 Å². The maximum absolute atomic E-state index is 6.31. The van der Waals surface area contributed by atoms with Crippen molar-refractivity contribution in [2.24, 2.45) is 0 Å². The van der Waals surface area contributed by atoms with Gasteiger partial charge < -0.3 is 0 Å². The van der Waals surface area contributed by atoms with Gasteiger partial charge in [-0.1, -0.05) is 30.3 Å². The molecule has 21 heavy (non-hydrogen) atoms. The molecule has 0 N–H and O–H groups in total. The van der Waals surface area contributed by atoms with Gasteiger partial charge in [-0.3, -0.25) is 0 Å². The highest BCUT2D eigenvalue weighted by Crippen LogP contribution is 2.34. The molecule has 0 unspecified atom stereocenters. The standard InChI is InChI=1S/C13H13ClN4S3/c1-4-8-17-13(21-18-8)19-5-9-15-11(14)10-6(2)7(3)20-12(10)16-9/h4-5H2,1-3H3. The van der Waals surface area contributed by atoms with Crippen LogP contribution < -0.4 is 0 Å². The second kappa shape index (κ2) is 6.16. The van der Waals surface area contributed by atoms with Crippen LogP contribution in [0, 0.1) is 13.8 Å². The van der Waals surface area contributed by atoms with Gasteiger partial charge in [0.2, 0.25) is 0 Å². The summed E-state index contributed by atoms with van der Waals surface area (Å²) in [5, 5.41) is 1.53. The fourth-order valence-electron chi connectivity index (χ4n) is 1.87. The summed E-state index contributed by atoms with van der Waals surface area (Å²) in [5.41, 5.74) is 1.18. The van der Waals surface area contributed by atoms with Crippen LogP contribution >= 0.6 is 46.2 Å². The third kappa shape index (κ3) is 3.06. The van der Waals surface area contributed by atoms with Crippen molar-refractivity contribution in [3.05, 3.63) is 27.2 Å². The maximum Gasteiger partial charge on any atom is 0.170 e. The molecular weight excluding hydrogens is 344 g/mol. The highest BCUT2D eigenvalue weighted by molar-refractivity contribution is 8.00. The molecule has 0 aliphatic heterocycles. The van der Waals surface area contributed by atoms with Crippen LogP contribution in [0.2, 0.25) is 5.15 Å². The van der Waals surface area contributed by atoms with Crippen molar-refractivity contribution in [2.75, 3.05) is 0 Å². The number of halogens is 1. The van der Waals surface area contributed by atoms with Crippen LogP contribution in [0.25, 0.3) is 10.2 Å². The van der Waals surface area contributed by atoms with Gasteiger partial charge in [0.1, 0.15) is 21.6 Å². The van der Waals surface area contributed by atoms with Crippen molar-refractivity contribution in [3.63, 3.8) is 0 Å². The van der Waals surface area contributed by atoms with Crippen molar-refractivity contribution >= 4 is 56.4 Å². The molecule has 0 aliphatic rings. The molecule has 0 spiro atoms. The van der Waals surface area contributed by atoms with Crippen molar-refractivity contribution in [3.8, 4) is 0 Å². The Morgan fingerprint density at radius 3 is 2.67 bits per heavy atom. The number of thiophene rings is 1. The van der Waals surface area contributed by atoms with Crippen LogP contribution in [0.3, 0.4) is 0 Å². The van der Waals surface area contributed by atoms with E-state index >= 15 is 0 Å². The number of nitrogens with zero attached hydrogens (tertiary/aromatic N) is 4. The summed E-state index contributed by atoms with van der Waals surface area (Å²) in [7, 11) is 0. The smallest absolute Gasteiger partial charge is 0.170 e. The average molecular weight is 357 g/mol. The molecule has 0 atom stereocenters. The fourth-order valence-corrected chi connectivity index (χ4v) is 4.86. The summed E-state index contributed by atoms with van der Waals surface area (Å²) in [6.45, 7) is 6.19. The highest BCUT2D eigenvalue weighted by atomic mass is 35.5. The van der Waals surface area contributed by atoms with Crippen molar-refractivity contribution < 1.29 is 0 Å². The van der Waals surface area contributed by atoms with Crippen molar-refractivity contribution in [2.45, 2.75) is 37.3 Å². The van der Waals surface area contributed by atoms with E-state index in [-0.39, 0.29) is 0 Å². The highest BCUT2D eigenvalue weighted by Gasteiger charge is 2.14. The van der Waals surface area contributed by atoms with E-state index in [1.807, 2.05) is 0 Å². The van der Waals surface area contributed by atoms with Crippen LogP contribution in [0.1, 0.15) is 29.0 Å². The summed E-state index contributed by atoms with van der Waals surface area (Å²) in [5.74, 6) is 2.29. The van der Waals surface area contributed by atoms with Gasteiger partial charge >= 0.3 is 0 Å². The molecule has 3 aromatic rings. The number of fused-ring (bicyclic) bond motifs is 1. The lowest BCUT2D eigenvalue weighted by molar-refractivity contribution is 0.970. The zero-order chi connectivity index (χ0) is 15.0. The van der Waals surface area contributed by atoms with Crippen LogP contribution in [0.15, 0.2) is 4.34 Å². The van der Waals surface area contributed by atoms with E-state index in [4.69, 9.17) is 11.6 Å². The first-order chi connectivity index (χ1) is 10.1. The normalized spacial score (nSPS) is 11.4. The first-order valence-corrected chi connectivity index (χ1v) is 9.41. The number of hydrogen-bond acceptors (Lipinski definition) is 7. The van der Waals surface area contributed by atoms with Crippen molar-refractivity contribution in [1.82, 2.24) is 19.3 Å². The predicted octanol–water partition coefficient (Wildman–Crippen LogP) is 4.67. The topological polar surface area (TPSA) is 51.6 Å². The Hall–Kier alpha value is -0.760. The number of thioether (sulfide) groups is 1. The van der Waals surface area contributed by atoms with E-state index in [1.165, 1.54) is 22.0 Å². The molecule has 4 nitrogen and oxygen atoms in total. The summed E-state index contributed by atoms with van der Waals surface area (Å²) in [6, 6.07) is 0. The fraction of sp³-hybridized carbons (Fsp3) is 0.385. The van der Waals surface area contributed by atoms with Gasteiger partial charge in [0.05, 0.1) is 11.1 Å². The molecule has 3 aromatic heterocycles. The van der Waals surface area contributed by atoms with Gasteiger partial charge in [-0.25, -0.2) is 15.0 Å². The molecular formula is C13H13ClN4S3. The quantitative estimate of drug-likeness (QED) is 0.502. The first kappa shape index (κ1) is 15.1. The number of aromatic nitrogens is 4. The Morgan fingerprint density at radius 1 is 1.14 bits per heavy atom. The van der Waals surface area contributed by atoms with Crippen LogP contribution in [0.4, 0.5) is 0 Å². The summed E-state index contributed by atoms with van der Waals surface area (Å²) < 4.78 is 5.22. The molecule has 0 saturated heterocycles. The zero-order valence-electron chi connectivity index (χ0n) is 11.8. The third-order valence-corrected chi connectivity index (χ3v) is 6.36. The summed E-state index contributed by atoms with van der Waals surface area (Å²) in [6.07, 6.45) is 0.860. The zero-order valence-corrected chi connectivity index (χ0v) is 15.0. The minimum atomic E-state index is 0.545. The molecule has 8 heteroatoms. The largest absolute Gasteiger partial charge is 0.221 e. The minimum absolute atomic E-state index is 0.545. The SMILES string of the molecule is CCc1nsc(SCc2nc(Cl)c3c(C)c(C)sc3n2)n1. The van der Waals surface area contributed by atoms with Gasteiger partial charge in [-0.05, 0) is 30.9 Å². The van der Waals surface area contributed by atoms with E-state index in [1.54, 1.807) is 23.1 Å². The van der Waals surface area contributed by atoms with E-state index in [0.29, 0.717) is 10.9 Å².